The number of nitrogens with one attached hydrogen (secondary N) is 2. The van der Waals surface area contributed by atoms with E-state index in [2.05, 4.69) is 34.3 Å². The Morgan fingerprint density at radius 2 is 1.44 bits per heavy atom. The van der Waals surface area contributed by atoms with Gasteiger partial charge in [0.2, 0.25) is 5.91 Å². The number of hydrogen-bond acceptors (Lipinski definition) is 5. The molecule has 8 heteroatoms. The Hall–Kier alpha value is -4.30. The van der Waals surface area contributed by atoms with Crippen LogP contribution in [-0.2, 0) is 27.7 Å². The highest BCUT2D eigenvalue weighted by Crippen LogP contribution is 2.39. The number of benzene rings is 4. The molecule has 0 radical (unpaired) electrons. The third kappa shape index (κ3) is 6.07. The maximum atomic E-state index is 12.8. The smallest absolute Gasteiger partial charge is 0.261 e. The normalized spacial score (nSPS) is 14.8. The van der Waals surface area contributed by atoms with Crippen LogP contribution in [0.1, 0.15) is 42.4 Å². The average molecular weight is 543 g/mol. The van der Waals surface area contributed by atoms with E-state index in [9.17, 15) is 23.4 Å². The van der Waals surface area contributed by atoms with E-state index in [4.69, 9.17) is 0 Å². The summed E-state index contributed by atoms with van der Waals surface area (Å²) in [5, 5.41) is 22.5. The molecule has 0 aliphatic heterocycles. The van der Waals surface area contributed by atoms with Crippen LogP contribution < -0.4 is 10.0 Å². The highest BCUT2D eigenvalue weighted by atomic mass is 32.2. The van der Waals surface area contributed by atoms with Crippen LogP contribution in [0.3, 0.4) is 0 Å². The second-order valence-electron chi connectivity index (χ2n) is 9.92. The quantitative estimate of drug-likeness (QED) is 0.208. The number of amides is 1. The Labute approximate surface area is 228 Å². The van der Waals surface area contributed by atoms with Gasteiger partial charge in [-0.15, -0.1) is 0 Å². The predicted molar refractivity (Wildman–Crippen MR) is 153 cm³/mol. The monoisotopic (exact) mass is 542 g/mol. The first kappa shape index (κ1) is 26.3. The molecule has 5 rings (SSSR count). The van der Waals surface area contributed by atoms with E-state index in [-0.39, 0.29) is 22.3 Å². The maximum absolute atomic E-state index is 12.8. The zero-order valence-corrected chi connectivity index (χ0v) is 22.3. The number of carbonyl (C=O) groups excluding carboxylic acids is 1. The molecule has 0 heterocycles. The third-order valence-corrected chi connectivity index (χ3v) is 8.46. The summed E-state index contributed by atoms with van der Waals surface area (Å²) in [4.78, 5) is 11.3. The number of phenolic OH excluding ortho intramolecular Hbond substituents is 2. The number of carbonyl (C=O) groups is 1. The first-order valence-corrected chi connectivity index (χ1v) is 14.3. The van der Waals surface area contributed by atoms with Crippen LogP contribution in [0.2, 0.25) is 0 Å². The number of aromatic hydroxyl groups is 2. The molecule has 0 saturated heterocycles. The van der Waals surface area contributed by atoms with Crippen LogP contribution in [-0.4, -0.2) is 24.5 Å². The van der Waals surface area contributed by atoms with Crippen molar-refractivity contribution in [2.75, 3.05) is 10.0 Å². The summed E-state index contributed by atoms with van der Waals surface area (Å²) < 4.78 is 28.2. The van der Waals surface area contributed by atoms with Crippen molar-refractivity contribution in [3.63, 3.8) is 0 Å². The Balaban J connectivity index is 1.25. The number of hydrogen-bond donors (Lipinski definition) is 4. The Bertz CT molecular complexity index is 1600. The highest BCUT2D eigenvalue weighted by molar-refractivity contribution is 7.92. The van der Waals surface area contributed by atoms with Gasteiger partial charge < -0.3 is 15.5 Å². The topological polar surface area (TPSA) is 116 Å². The summed E-state index contributed by atoms with van der Waals surface area (Å²) in [5.41, 5.74) is 6.38. The fourth-order valence-corrected chi connectivity index (χ4v) is 6.18. The minimum absolute atomic E-state index is 0.0603. The summed E-state index contributed by atoms with van der Waals surface area (Å²) in [7, 11) is -3.77. The van der Waals surface area contributed by atoms with Crippen LogP contribution in [0.25, 0.3) is 11.1 Å². The lowest BCUT2D eigenvalue weighted by Gasteiger charge is -2.26. The van der Waals surface area contributed by atoms with Crippen LogP contribution in [0.15, 0.2) is 89.8 Å². The molecule has 4 N–H and O–H groups in total. The molecule has 4 aromatic carbocycles. The van der Waals surface area contributed by atoms with Crippen molar-refractivity contribution in [2.45, 2.75) is 43.4 Å². The third-order valence-electron chi connectivity index (χ3n) is 7.07. The van der Waals surface area contributed by atoms with Crippen LogP contribution in [0.4, 0.5) is 11.4 Å². The summed E-state index contributed by atoms with van der Waals surface area (Å²) in [6.07, 6.45) is 3.86. The fourth-order valence-electron chi connectivity index (χ4n) is 5.12. The lowest BCUT2D eigenvalue weighted by molar-refractivity contribution is -0.114. The van der Waals surface area contributed by atoms with Gasteiger partial charge in [0, 0.05) is 18.3 Å². The predicted octanol–water partition coefficient (Wildman–Crippen LogP) is 6.19. The molecule has 7 nitrogen and oxygen atoms in total. The van der Waals surface area contributed by atoms with E-state index in [1.807, 2.05) is 12.1 Å². The fraction of sp³-hybridized carbons (Fsp3) is 0.194. The molecule has 39 heavy (non-hydrogen) atoms. The maximum Gasteiger partial charge on any atom is 0.261 e. The molecule has 1 aliphatic rings. The van der Waals surface area contributed by atoms with Gasteiger partial charge in [-0.2, -0.15) is 0 Å². The van der Waals surface area contributed by atoms with Gasteiger partial charge in [0.05, 0.1) is 4.90 Å². The van der Waals surface area contributed by atoms with Crippen molar-refractivity contribution >= 4 is 27.3 Å². The standard InChI is InChI=1S/C31H30N2O5S/c1-20(34)32-26-13-15-28(16-14-26)39(37,38)33-27-11-9-23(10-12-27)22-7-5-21(6-8-22)17-24-3-2-4-25-18-30(35)31(36)19-29(24)25/h5-16,18-19,24,33,35-36H,2-4,17H2,1H3,(H,32,34). The molecule has 1 atom stereocenters. The van der Waals surface area contributed by atoms with E-state index < -0.39 is 10.0 Å². The lowest BCUT2D eigenvalue weighted by Crippen LogP contribution is -2.13. The summed E-state index contributed by atoms with van der Waals surface area (Å²) in [6, 6.07) is 24.9. The van der Waals surface area contributed by atoms with Gasteiger partial charge in [-0.05, 0) is 108 Å². The highest BCUT2D eigenvalue weighted by Gasteiger charge is 2.22. The average Bonchev–Trinajstić information content (AvgIpc) is 2.90. The molecule has 0 aromatic heterocycles. The molecule has 1 aliphatic carbocycles. The van der Waals surface area contributed by atoms with Crippen LogP contribution in [0.5, 0.6) is 11.5 Å². The Morgan fingerprint density at radius 3 is 2.08 bits per heavy atom. The second kappa shape index (κ2) is 10.8. The first-order valence-electron chi connectivity index (χ1n) is 12.8. The van der Waals surface area contributed by atoms with E-state index in [0.717, 1.165) is 47.9 Å². The van der Waals surface area contributed by atoms with Gasteiger partial charge in [0.1, 0.15) is 0 Å². The van der Waals surface area contributed by atoms with Gasteiger partial charge in [-0.1, -0.05) is 36.4 Å². The largest absolute Gasteiger partial charge is 0.504 e. The molecular weight excluding hydrogens is 512 g/mol. The van der Waals surface area contributed by atoms with Crippen molar-refractivity contribution in [3.05, 3.63) is 102 Å². The molecule has 0 spiro atoms. The molecule has 0 fully saturated rings. The van der Waals surface area contributed by atoms with E-state index in [1.54, 1.807) is 36.4 Å². The van der Waals surface area contributed by atoms with Gasteiger partial charge >= 0.3 is 0 Å². The zero-order chi connectivity index (χ0) is 27.6. The number of aryl methyl sites for hydroxylation is 1. The molecular formula is C31H30N2O5S. The van der Waals surface area contributed by atoms with Crippen molar-refractivity contribution < 1.29 is 23.4 Å². The van der Waals surface area contributed by atoms with Crippen molar-refractivity contribution in [2.24, 2.45) is 0 Å². The van der Waals surface area contributed by atoms with Gasteiger partial charge in [-0.3, -0.25) is 9.52 Å². The molecule has 0 saturated carbocycles. The van der Waals surface area contributed by atoms with E-state index >= 15 is 0 Å². The number of rotatable bonds is 7. The molecule has 4 aromatic rings. The number of fused-ring (bicyclic) bond motifs is 1. The van der Waals surface area contributed by atoms with Crippen molar-refractivity contribution in [1.82, 2.24) is 0 Å². The van der Waals surface area contributed by atoms with Crippen molar-refractivity contribution in [1.29, 1.82) is 0 Å². The van der Waals surface area contributed by atoms with Crippen molar-refractivity contribution in [3.8, 4) is 22.6 Å². The van der Waals surface area contributed by atoms with Gasteiger partial charge in [0.15, 0.2) is 11.5 Å². The SMILES string of the molecule is CC(=O)Nc1ccc(S(=O)(=O)Nc2ccc(-c3ccc(CC4CCCc5cc(O)c(O)cc54)cc3)cc2)cc1. The molecule has 0 bridgehead atoms. The van der Waals surface area contributed by atoms with E-state index in [0.29, 0.717) is 17.3 Å². The minimum Gasteiger partial charge on any atom is -0.504 e. The van der Waals surface area contributed by atoms with Crippen LogP contribution >= 0.6 is 0 Å². The van der Waals surface area contributed by atoms with Gasteiger partial charge in [-0.25, -0.2) is 8.42 Å². The lowest BCUT2D eigenvalue weighted by atomic mass is 9.79. The second-order valence-corrected chi connectivity index (χ2v) is 11.6. The van der Waals surface area contributed by atoms with E-state index in [1.165, 1.54) is 24.6 Å². The molecule has 1 amide bonds. The Morgan fingerprint density at radius 1 is 0.846 bits per heavy atom. The first-order chi connectivity index (χ1) is 18.7. The van der Waals surface area contributed by atoms with Crippen LogP contribution in [0, 0.1) is 0 Å². The summed E-state index contributed by atoms with van der Waals surface area (Å²) in [5.74, 6) is -0.0620. The minimum atomic E-state index is -3.77. The Kier molecular flexibility index (Phi) is 7.30. The zero-order valence-electron chi connectivity index (χ0n) is 21.5. The number of phenols is 2. The number of sulfonamides is 1. The summed E-state index contributed by atoms with van der Waals surface area (Å²) in [6.45, 7) is 1.39. The summed E-state index contributed by atoms with van der Waals surface area (Å²) >= 11 is 0. The van der Waals surface area contributed by atoms with Gasteiger partial charge in [0.25, 0.3) is 10.0 Å². The number of anilines is 2. The molecule has 200 valence electrons. The molecule has 1 unspecified atom stereocenters.